The van der Waals surface area contributed by atoms with Crippen LogP contribution in [0.25, 0.3) is 11.4 Å². The summed E-state index contributed by atoms with van der Waals surface area (Å²) in [7, 11) is -3.78. The van der Waals surface area contributed by atoms with Crippen LogP contribution >= 0.6 is 11.3 Å². The molecule has 0 radical (unpaired) electrons. The van der Waals surface area contributed by atoms with E-state index in [2.05, 4.69) is 10.1 Å². The summed E-state index contributed by atoms with van der Waals surface area (Å²) in [5.41, 5.74) is 0.768. The number of pyridine rings is 1. The van der Waals surface area contributed by atoms with Crippen molar-refractivity contribution in [1.29, 1.82) is 0 Å². The third-order valence-corrected chi connectivity index (χ3v) is 4.95. The van der Waals surface area contributed by atoms with Gasteiger partial charge in [-0.1, -0.05) is 5.16 Å². The van der Waals surface area contributed by atoms with Gasteiger partial charge in [-0.15, -0.1) is 0 Å². The number of hydrogen-bond acceptors (Lipinski definition) is 7. The Balaban J connectivity index is 1.88. The summed E-state index contributed by atoms with van der Waals surface area (Å²) in [5, 5.41) is 16.8. The van der Waals surface area contributed by atoms with Crippen LogP contribution in [0.15, 0.2) is 50.8 Å². The van der Waals surface area contributed by atoms with Gasteiger partial charge in [-0.25, -0.2) is 8.42 Å². The summed E-state index contributed by atoms with van der Waals surface area (Å²) >= 11 is 1.48. The van der Waals surface area contributed by atoms with Crippen molar-refractivity contribution < 1.29 is 22.9 Å². The number of thiophene rings is 1. The van der Waals surface area contributed by atoms with E-state index in [0.717, 1.165) is 5.56 Å². The van der Waals surface area contributed by atoms with Gasteiger partial charge in [-0.2, -0.15) is 16.3 Å². The van der Waals surface area contributed by atoms with E-state index in [0.29, 0.717) is 10.6 Å². The molecule has 0 unspecified atom stereocenters. The molecule has 0 saturated carbocycles. The fourth-order valence-electron chi connectivity index (χ4n) is 1.72. The van der Waals surface area contributed by atoms with Crippen molar-refractivity contribution in [3.8, 4) is 11.4 Å². The van der Waals surface area contributed by atoms with E-state index in [1.54, 1.807) is 0 Å². The smallest absolute Gasteiger partial charge is 0.338 e. The first-order valence-corrected chi connectivity index (χ1v) is 8.43. The van der Waals surface area contributed by atoms with Crippen molar-refractivity contribution in [2.45, 2.75) is 10.8 Å². The van der Waals surface area contributed by atoms with Crippen LogP contribution in [0, 0.1) is 0 Å². The van der Waals surface area contributed by atoms with Gasteiger partial charge in [-0.05, 0) is 17.5 Å². The van der Waals surface area contributed by atoms with Gasteiger partial charge in [0.1, 0.15) is 5.75 Å². The van der Waals surface area contributed by atoms with Crippen molar-refractivity contribution in [2.75, 3.05) is 0 Å². The zero-order valence-electron chi connectivity index (χ0n) is 10.6. The molecule has 9 heteroatoms. The Morgan fingerprint density at radius 2 is 2.19 bits per heavy atom. The van der Waals surface area contributed by atoms with Crippen LogP contribution in [-0.2, 0) is 15.6 Å². The van der Waals surface area contributed by atoms with Gasteiger partial charge in [0.15, 0.2) is 0 Å². The Kier molecular flexibility index (Phi) is 3.43. The lowest BCUT2D eigenvalue weighted by atomic mass is 10.3. The molecule has 0 aliphatic carbocycles. The predicted molar refractivity (Wildman–Crippen MR) is 72.3 cm³/mol. The van der Waals surface area contributed by atoms with Crippen LogP contribution in [0.1, 0.15) is 5.89 Å². The summed E-state index contributed by atoms with van der Waals surface area (Å²) in [4.78, 5) is 4.05. The summed E-state index contributed by atoms with van der Waals surface area (Å²) in [6.45, 7) is 0. The van der Waals surface area contributed by atoms with Crippen LogP contribution in [-0.4, -0.2) is 23.8 Å². The first-order valence-electron chi connectivity index (χ1n) is 5.84. The van der Waals surface area contributed by atoms with Crippen molar-refractivity contribution in [3.05, 3.63) is 47.1 Å². The van der Waals surface area contributed by atoms with E-state index in [1.807, 2.05) is 16.8 Å². The quantitative estimate of drug-likeness (QED) is 0.574. The van der Waals surface area contributed by atoms with E-state index in [4.69, 9.17) is 4.52 Å². The second-order valence-electron chi connectivity index (χ2n) is 4.17. The van der Waals surface area contributed by atoms with Gasteiger partial charge in [0.2, 0.25) is 17.9 Å². The number of nitrogens with zero attached hydrogens (tertiary/aromatic N) is 3. The Bertz CT molecular complexity index is 856. The van der Waals surface area contributed by atoms with Gasteiger partial charge in [0.05, 0.1) is 0 Å². The molecule has 21 heavy (non-hydrogen) atoms. The van der Waals surface area contributed by atoms with Gasteiger partial charge in [0.25, 0.3) is 9.84 Å². The zero-order chi connectivity index (χ0) is 14.9. The van der Waals surface area contributed by atoms with E-state index in [1.165, 1.54) is 35.7 Å². The van der Waals surface area contributed by atoms with Gasteiger partial charge >= 0.3 is 5.03 Å². The minimum atomic E-state index is -3.78. The van der Waals surface area contributed by atoms with Gasteiger partial charge < -0.3 is 4.52 Å². The number of hydrogen-bond donors (Lipinski definition) is 1. The molecule has 108 valence electrons. The Morgan fingerprint density at radius 3 is 2.90 bits per heavy atom. The fraction of sp³-hybridized carbons (Fsp3) is 0.0833. The highest BCUT2D eigenvalue weighted by atomic mass is 32.2. The van der Waals surface area contributed by atoms with Crippen LogP contribution in [0.4, 0.5) is 0 Å². The highest BCUT2D eigenvalue weighted by Crippen LogP contribution is 2.20. The Morgan fingerprint density at radius 1 is 1.33 bits per heavy atom. The van der Waals surface area contributed by atoms with Crippen molar-refractivity contribution >= 4 is 21.2 Å². The van der Waals surface area contributed by atoms with Crippen LogP contribution in [0.3, 0.4) is 0 Å². The molecule has 1 N–H and O–H groups in total. The predicted octanol–water partition coefficient (Wildman–Crippen LogP) is 1.30. The SMILES string of the molecule is O=S(=O)(Cc1nc(-c2ccsc2)no1)c1cccc[n+]1O. The molecule has 0 bridgehead atoms. The van der Waals surface area contributed by atoms with E-state index in [9.17, 15) is 13.6 Å². The second-order valence-corrected chi connectivity index (χ2v) is 6.88. The molecule has 3 rings (SSSR count). The van der Waals surface area contributed by atoms with Crippen LogP contribution in [0.5, 0.6) is 0 Å². The lowest BCUT2D eigenvalue weighted by Gasteiger charge is -1.96. The van der Waals surface area contributed by atoms with E-state index >= 15 is 0 Å². The average Bonchev–Trinajstić information content (AvgIpc) is 3.09. The van der Waals surface area contributed by atoms with Crippen molar-refractivity contribution in [1.82, 2.24) is 10.1 Å². The Hall–Kier alpha value is -2.26. The summed E-state index contributed by atoms with van der Waals surface area (Å²) in [5.74, 6) is -0.166. The molecule has 0 aromatic carbocycles. The number of rotatable bonds is 4. The average molecular weight is 324 g/mol. The minimum absolute atomic E-state index is 0.0277. The van der Waals surface area contributed by atoms with Crippen LogP contribution in [0.2, 0.25) is 0 Å². The van der Waals surface area contributed by atoms with Crippen LogP contribution < -0.4 is 4.73 Å². The standard InChI is InChI=1S/C12H10N3O4S2/c16-15-5-2-1-3-11(15)21(17,18)8-10-13-12(14-19-10)9-4-6-20-7-9/h1-7,16H,8H2/q+1. The maximum absolute atomic E-state index is 12.2. The summed E-state index contributed by atoms with van der Waals surface area (Å²) in [6, 6.07) is 6.14. The maximum atomic E-state index is 12.2. The van der Waals surface area contributed by atoms with Gasteiger partial charge in [-0.3, -0.25) is 5.21 Å². The third-order valence-electron chi connectivity index (χ3n) is 2.68. The molecular weight excluding hydrogens is 314 g/mol. The topological polar surface area (TPSA) is 97.2 Å². The minimum Gasteiger partial charge on any atom is -0.338 e. The molecule has 0 fully saturated rings. The first-order chi connectivity index (χ1) is 10.1. The monoisotopic (exact) mass is 324 g/mol. The Labute approximate surface area is 124 Å². The largest absolute Gasteiger partial charge is 0.347 e. The highest BCUT2D eigenvalue weighted by Gasteiger charge is 2.29. The summed E-state index contributed by atoms with van der Waals surface area (Å²) < 4.78 is 29.9. The fourth-order valence-corrected chi connectivity index (χ4v) is 3.58. The number of aromatic nitrogens is 3. The maximum Gasteiger partial charge on any atom is 0.347 e. The lowest BCUT2D eigenvalue weighted by molar-refractivity contribution is -0.933. The molecule has 0 amide bonds. The molecule has 3 heterocycles. The zero-order valence-corrected chi connectivity index (χ0v) is 12.2. The molecule has 3 aromatic heterocycles. The number of sulfone groups is 1. The first kappa shape index (κ1) is 13.7. The molecule has 0 aliphatic heterocycles. The van der Waals surface area contributed by atoms with E-state index in [-0.39, 0.29) is 10.9 Å². The highest BCUT2D eigenvalue weighted by molar-refractivity contribution is 7.90. The van der Waals surface area contributed by atoms with Crippen molar-refractivity contribution in [3.63, 3.8) is 0 Å². The molecule has 0 saturated heterocycles. The molecule has 7 nitrogen and oxygen atoms in total. The normalized spacial score (nSPS) is 11.6. The molecular formula is C12H10N3O4S2+. The van der Waals surface area contributed by atoms with Crippen molar-refractivity contribution in [2.24, 2.45) is 0 Å². The second kappa shape index (κ2) is 5.26. The molecule has 3 aromatic rings. The van der Waals surface area contributed by atoms with Gasteiger partial charge in [0, 0.05) is 27.8 Å². The molecule has 0 aliphatic rings. The lowest BCUT2D eigenvalue weighted by Crippen LogP contribution is -2.36. The van der Waals surface area contributed by atoms with E-state index < -0.39 is 15.6 Å². The third kappa shape index (κ3) is 2.78. The molecule has 0 spiro atoms. The molecule has 0 atom stereocenters. The summed E-state index contributed by atoms with van der Waals surface area (Å²) in [6.07, 6.45) is 1.23.